The molecule has 0 bridgehead atoms. The van der Waals surface area contributed by atoms with E-state index in [2.05, 4.69) is 15.0 Å². The molecule has 6 heterocycles. The molecule has 16 heteroatoms. The van der Waals surface area contributed by atoms with Gasteiger partial charge in [0.05, 0.1) is 30.9 Å². The summed E-state index contributed by atoms with van der Waals surface area (Å²) in [6, 6.07) is 22.0. The number of primary sulfonamides is 1. The second-order valence-electron chi connectivity index (χ2n) is 11.7. The van der Waals surface area contributed by atoms with Crippen LogP contribution in [0.1, 0.15) is 11.1 Å². The van der Waals surface area contributed by atoms with Gasteiger partial charge in [-0.1, -0.05) is 12.1 Å². The number of anilines is 4. The molecule has 2 aromatic carbocycles. The van der Waals surface area contributed by atoms with Crippen molar-refractivity contribution in [2.24, 2.45) is 5.14 Å². The molecule has 2 N–H and O–H groups in total. The Balaban J connectivity index is 0.000000157. The summed E-state index contributed by atoms with van der Waals surface area (Å²) in [7, 11) is -4.04. The number of benzene rings is 2. The van der Waals surface area contributed by atoms with E-state index in [1.54, 1.807) is 73.4 Å². The monoisotopic (exact) mass is 744 g/mol. The Labute approximate surface area is 298 Å². The van der Waals surface area contributed by atoms with Crippen molar-refractivity contribution in [1.29, 1.82) is 0 Å². The van der Waals surface area contributed by atoms with Gasteiger partial charge in [0.15, 0.2) is 0 Å². The zero-order chi connectivity index (χ0) is 35.0. The molecule has 0 saturated carbocycles. The summed E-state index contributed by atoms with van der Waals surface area (Å²) in [6.07, 6.45) is 5.00. The molecule has 0 spiro atoms. The fourth-order valence-corrected chi connectivity index (χ4v) is 8.71. The van der Waals surface area contributed by atoms with Gasteiger partial charge in [-0.3, -0.25) is 0 Å². The molecule has 4 aromatic heterocycles. The molecule has 0 amide bonds. The molecule has 2 aliphatic heterocycles. The zero-order valence-corrected chi connectivity index (χ0v) is 30.3. The van der Waals surface area contributed by atoms with Crippen molar-refractivity contribution in [3.05, 3.63) is 107 Å². The molecule has 0 radical (unpaired) electrons. The first-order valence-corrected chi connectivity index (χ1v) is 20.2. The lowest BCUT2D eigenvalue weighted by Gasteiger charge is -2.18. The van der Waals surface area contributed by atoms with Gasteiger partial charge in [0.2, 0.25) is 31.9 Å². The summed E-state index contributed by atoms with van der Waals surface area (Å²) >= 11 is 3.27. The molecule has 6 aromatic rings. The first-order chi connectivity index (χ1) is 24.0. The van der Waals surface area contributed by atoms with Crippen molar-refractivity contribution in [2.75, 3.05) is 37.0 Å². The Morgan fingerprint density at radius 3 is 1.60 bits per heavy atom. The summed E-state index contributed by atoms with van der Waals surface area (Å²) in [6.45, 7) is 1.44. The molecular formula is C34H32N8O4S4. The van der Waals surface area contributed by atoms with E-state index in [9.17, 15) is 16.8 Å². The SMILES string of the molecule is CN(C)S(=O)(=O)c1ccc2c(c1)CCN2c1nccc(-c2cccs2)n1.NS(=O)(=O)c1ccc2c(c1)CCN2c1nccc(-c2cccs2)n1. The minimum atomic E-state index is -3.69. The number of hydrogen-bond acceptors (Lipinski definition) is 12. The highest BCUT2D eigenvalue weighted by Crippen LogP contribution is 2.37. The summed E-state index contributed by atoms with van der Waals surface area (Å²) in [5.74, 6) is 1.25. The molecule has 0 fully saturated rings. The van der Waals surface area contributed by atoms with Gasteiger partial charge in [0.1, 0.15) is 0 Å². The van der Waals surface area contributed by atoms with Gasteiger partial charge < -0.3 is 9.80 Å². The van der Waals surface area contributed by atoms with Crippen molar-refractivity contribution in [3.63, 3.8) is 0 Å². The van der Waals surface area contributed by atoms with Gasteiger partial charge in [0.25, 0.3) is 0 Å². The third-order valence-electron chi connectivity index (χ3n) is 8.32. The Morgan fingerprint density at radius 1 is 0.680 bits per heavy atom. The minimum Gasteiger partial charge on any atom is -0.310 e. The molecule has 12 nitrogen and oxygen atoms in total. The summed E-state index contributed by atoms with van der Waals surface area (Å²) in [4.78, 5) is 24.8. The van der Waals surface area contributed by atoms with Gasteiger partial charge in [-0.2, -0.15) is 0 Å². The fraction of sp³-hybridized carbons (Fsp3) is 0.176. The van der Waals surface area contributed by atoms with Crippen molar-refractivity contribution < 1.29 is 16.8 Å². The van der Waals surface area contributed by atoms with Gasteiger partial charge >= 0.3 is 0 Å². The zero-order valence-electron chi connectivity index (χ0n) is 27.0. The number of nitrogens with zero attached hydrogens (tertiary/aromatic N) is 7. The lowest BCUT2D eigenvalue weighted by molar-refractivity contribution is 0.520. The van der Waals surface area contributed by atoms with Crippen LogP contribution in [0.4, 0.5) is 23.3 Å². The number of nitrogens with two attached hydrogens (primary N) is 1. The van der Waals surface area contributed by atoms with Crippen LogP contribution in [0.3, 0.4) is 0 Å². The van der Waals surface area contributed by atoms with Gasteiger partial charge in [-0.15, -0.1) is 22.7 Å². The average molecular weight is 745 g/mol. The van der Waals surface area contributed by atoms with Crippen molar-refractivity contribution >= 4 is 66.0 Å². The van der Waals surface area contributed by atoms with E-state index in [1.807, 2.05) is 63.0 Å². The highest BCUT2D eigenvalue weighted by atomic mass is 32.2. The first kappa shape index (κ1) is 33.9. The Bertz CT molecular complexity index is 2380. The van der Waals surface area contributed by atoms with Crippen molar-refractivity contribution in [3.8, 4) is 21.1 Å². The second kappa shape index (κ2) is 13.6. The molecule has 0 saturated heterocycles. The van der Waals surface area contributed by atoms with Crippen LogP contribution in [0.25, 0.3) is 21.1 Å². The van der Waals surface area contributed by atoms with Gasteiger partial charge in [-0.05, 0) is 95.4 Å². The van der Waals surface area contributed by atoms with E-state index in [0.717, 1.165) is 63.0 Å². The minimum absolute atomic E-state index is 0.136. The summed E-state index contributed by atoms with van der Waals surface area (Å²) in [5, 5.41) is 9.24. The van der Waals surface area contributed by atoms with Crippen molar-refractivity contribution in [1.82, 2.24) is 24.2 Å². The molecule has 256 valence electrons. The van der Waals surface area contributed by atoms with Crippen LogP contribution >= 0.6 is 22.7 Å². The Kier molecular flexibility index (Phi) is 9.23. The van der Waals surface area contributed by atoms with Gasteiger partial charge in [0, 0.05) is 51.0 Å². The standard InChI is InChI=1S/C18H18N4O2S2.C16H14N4O2S2/c1-21(2)26(23,24)14-5-6-16-13(12-14)8-10-22(16)18-19-9-7-15(20-18)17-4-3-11-25-17;17-24(21,22)12-3-4-14-11(10-12)6-8-20(14)16-18-7-5-13(19-16)15-2-1-9-23-15/h3-7,9,11-12H,8,10H2,1-2H3;1-5,7,9-10H,6,8H2,(H2,17,21,22). The third kappa shape index (κ3) is 6.77. The van der Waals surface area contributed by atoms with Gasteiger partial charge in [-0.25, -0.2) is 46.2 Å². The predicted molar refractivity (Wildman–Crippen MR) is 197 cm³/mol. The molecule has 0 aliphatic carbocycles. The Morgan fingerprint density at radius 2 is 1.16 bits per heavy atom. The number of aromatic nitrogens is 4. The van der Waals surface area contributed by atoms with E-state index >= 15 is 0 Å². The maximum atomic E-state index is 12.3. The van der Waals surface area contributed by atoms with E-state index in [-0.39, 0.29) is 4.90 Å². The number of fused-ring (bicyclic) bond motifs is 2. The molecular weight excluding hydrogens is 713 g/mol. The number of rotatable bonds is 7. The first-order valence-electron chi connectivity index (χ1n) is 15.5. The maximum absolute atomic E-state index is 12.3. The lowest BCUT2D eigenvalue weighted by Crippen LogP contribution is -2.22. The summed E-state index contributed by atoms with van der Waals surface area (Å²) in [5.41, 5.74) is 5.59. The van der Waals surface area contributed by atoms with Crippen molar-refractivity contribution in [2.45, 2.75) is 22.6 Å². The highest BCUT2D eigenvalue weighted by Gasteiger charge is 2.27. The normalized spacial score (nSPS) is 14.0. The van der Waals surface area contributed by atoms with E-state index in [4.69, 9.17) is 10.1 Å². The second-order valence-corrected chi connectivity index (χ2v) is 17.3. The van der Waals surface area contributed by atoms with Crippen LogP contribution in [-0.4, -0.2) is 68.3 Å². The Hall–Kier alpha value is -4.58. The molecule has 0 atom stereocenters. The van der Waals surface area contributed by atoms with E-state index in [0.29, 0.717) is 23.3 Å². The van der Waals surface area contributed by atoms with E-state index in [1.165, 1.54) is 10.4 Å². The molecule has 8 rings (SSSR count). The highest BCUT2D eigenvalue weighted by molar-refractivity contribution is 7.89. The van der Waals surface area contributed by atoms with Crippen LogP contribution in [0.2, 0.25) is 0 Å². The van der Waals surface area contributed by atoms with Crippen LogP contribution in [0, 0.1) is 0 Å². The fourth-order valence-electron chi connectivity index (χ4n) is 5.80. The summed E-state index contributed by atoms with van der Waals surface area (Å²) < 4.78 is 48.9. The smallest absolute Gasteiger partial charge is 0.242 e. The molecule has 2 aliphatic rings. The topological polar surface area (TPSA) is 156 Å². The van der Waals surface area contributed by atoms with Crippen LogP contribution in [0.15, 0.2) is 106 Å². The number of hydrogen-bond donors (Lipinski definition) is 1. The third-order valence-corrected chi connectivity index (χ3v) is 12.8. The lowest BCUT2D eigenvalue weighted by atomic mass is 10.2. The molecule has 50 heavy (non-hydrogen) atoms. The van der Waals surface area contributed by atoms with Crippen LogP contribution in [-0.2, 0) is 32.9 Å². The average Bonchev–Trinajstić information content (AvgIpc) is 3.95. The van der Waals surface area contributed by atoms with Crippen LogP contribution in [0.5, 0.6) is 0 Å². The van der Waals surface area contributed by atoms with E-state index < -0.39 is 20.0 Å². The predicted octanol–water partition coefficient (Wildman–Crippen LogP) is 5.70. The number of thiophene rings is 2. The quantitative estimate of drug-likeness (QED) is 0.215. The van der Waals surface area contributed by atoms with Crippen LogP contribution < -0.4 is 14.9 Å². The maximum Gasteiger partial charge on any atom is 0.242 e. The largest absolute Gasteiger partial charge is 0.310 e. The number of sulfonamides is 2. The molecule has 0 unspecified atom stereocenters.